The van der Waals surface area contributed by atoms with Crippen LogP contribution in [0.5, 0.6) is 0 Å². The van der Waals surface area contributed by atoms with Crippen LogP contribution in [0.25, 0.3) is 0 Å². The van der Waals surface area contributed by atoms with Crippen LogP contribution in [0.15, 0.2) is 28.7 Å². The predicted octanol–water partition coefficient (Wildman–Crippen LogP) is 2.61. The Morgan fingerprint density at radius 3 is 2.94 bits per heavy atom. The number of methoxy groups -OCH3 is 1. The van der Waals surface area contributed by atoms with Gasteiger partial charge in [-0.25, -0.2) is 0 Å². The summed E-state index contributed by atoms with van der Waals surface area (Å²) in [6.45, 7) is 1.43. The first-order valence-electron chi connectivity index (χ1n) is 5.26. The number of benzene rings is 1. The largest absolute Gasteiger partial charge is 0.385 e. The molecule has 0 aliphatic heterocycles. The molecule has 1 aromatic carbocycles. The number of halogens is 1. The molecular weight excluding hydrogens is 270 g/mol. The molecule has 1 amide bonds. The topological polar surface area (TPSA) is 38.3 Å². The number of nitrogens with one attached hydrogen (secondary N) is 1. The van der Waals surface area contributed by atoms with E-state index in [1.54, 1.807) is 13.2 Å². The molecule has 3 nitrogen and oxygen atoms in total. The third-order valence-electron chi connectivity index (χ3n) is 2.15. The van der Waals surface area contributed by atoms with Crippen molar-refractivity contribution in [3.05, 3.63) is 34.3 Å². The number of carbonyl (C=O) groups excluding carboxylic acids is 1. The van der Waals surface area contributed by atoms with E-state index in [0.717, 1.165) is 23.9 Å². The maximum absolute atomic E-state index is 11.7. The molecule has 0 radical (unpaired) electrons. The highest BCUT2D eigenvalue weighted by Crippen LogP contribution is 2.11. The Morgan fingerprint density at radius 1 is 1.44 bits per heavy atom. The van der Waals surface area contributed by atoms with Gasteiger partial charge in [0.25, 0.3) is 5.91 Å². The summed E-state index contributed by atoms with van der Waals surface area (Å²) < 4.78 is 5.85. The van der Waals surface area contributed by atoms with Crippen LogP contribution in [0.4, 0.5) is 0 Å². The average molecular weight is 286 g/mol. The third kappa shape index (κ3) is 4.77. The van der Waals surface area contributed by atoms with E-state index in [1.807, 2.05) is 18.2 Å². The van der Waals surface area contributed by atoms with Gasteiger partial charge in [-0.2, -0.15) is 0 Å². The molecule has 0 heterocycles. The highest BCUT2D eigenvalue weighted by Gasteiger charge is 2.04. The second-order valence-electron chi connectivity index (χ2n) is 3.47. The monoisotopic (exact) mass is 285 g/mol. The van der Waals surface area contributed by atoms with Gasteiger partial charge in [0.1, 0.15) is 0 Å². The van der Waals surface area contributed by atoms with Crippen LogP contribution in [0.2, 0.25) is 0 Å². The fourth-order valence-corrected chi connectivity index (χ4v) is 1.70. The SMILES string of the molecule is COCCCCNC(=O)c1cccc(Br)c1. The quantitative estimate of drug-likeness (QED) is 0.816. The minimum absolute atomic E-state index is 0.0290. The van der Waals surface area contributed by atoms with E-state index in [9.17, 15) is 4.79 Å². The maximum atomic E-state index is 11.7. The minimum Gasteiger partial charge on any atom is -0.385 e. The lowest BCUT2D eigenvalue weighted by atomic mass is 10.2. The van der Waals surface area contributed by atoms with Gasteiger partial charge >= 0.3 is 0 Å². The number of hydrogen-bond acceptors (Lipinski definition) is 2. The summed E-state index contributed by atoms with van der Waals surface area (Å²) >= 11 is 3.34. The lowest BCUT2D eigenvalue weighted by Crippen LogP contribution is -2.24. The van der Waals surface area contributed by atoms with E-state index in [-0.39, 0.29) is 5.91 Å². The summed E-state index contributed by atoms with van der Waals surface area (Å²) in [6, 6.07) is 7.36. The Morgan fingerprint density at radius 2 is 2.25 bits per heavy atom. The van der Waals surface area contributed by atoms with Crippen LogP contribution in [0.1, 0.15) is 23.2 Å². The second-order valence-corrected chi connectivity index (χ2v) is 4.38. The number of rotatable bonds is 6. The molecule has 88 valence electrons. The molecule has 1 aromatic rings. The molecule has 0 bridgehead atoms. The number of carbonyl (C=O) groups is 1. The van der Waals surface area contributed by atoms with Crippen molar-refractivity contribution >= 4 is 21.8 Å². The van der Waals surface area contributed by atoms with Crippen molar-refractivity contribution in [3.8, 4) is 0 Å². The Labute approximate surface area is 104 Å². The molecule has 0 saturated carbocycles. The van der Waals surface area contributed by atoms with Crippen LogP contribution in [0, 0.1) is 0 Å². The summed E-state index contributed by atoms with van der Waals surface area (Å²) in [4.78, 5) is 11.7. The molecule has 0 aromatic heterocycles. The van der Waals surface area contributed by atoms with Gasteiger partial charge in [0.2, 0.25) is 0 Å². The van der Waals surface area contributed by atoms with Crippen LogP contribution >= 0.6 is 15.9 Å². The molecule has 0 unspecified atom stereocenters. The molecule has 0 saturated heterocycles. The molecule has 16 heavy (non-hydrogen) atoms. The average Bonchev–Trinajstić information content (AvgIpc) is 2.28. The summed E-state index contributed by atoms with van der Waals surface area (Å²) in [5, 5.41) is 2.87. The highest BCUT2D eigenvalue weighted by atomic mass is 79.9. The first kappa shape index (κ1) is 13.2. The van der Waals surface area contributed by atoms with Crippen molar-refractivity contribution in [2.75, 3.05) is 20.3 Å². The van der Waals surface area contributed by atoms with Gasteiger partial charge in [-0.3, -0.25) is 4.79 Å². The zero-order chi connectivity index (χ0) is 11.8. The van der Waals surface area contributed by atoms with Crippen molar-refractivity contribution in [1.82, 2.24) is 5.32 Å². The van der Waals surface area contributed by atoms with E-state index < -0.39 is 0 Å². The zero-order valence-electron chi connectivity index (χ0n) is 9.33. The zero-order valence-corrected chi connectivity index (χ0v) is 10.9. The van der Waals surface area contributed by atoms with Gasteiger partial charge in [0, 0.05) is 30.3 Å². The van der Waals surface area contributed by atoms with Crippen molar-refractivity contribution in [2.45, 2.75) is 12.8 Å². The van der Waals surface area contributed by atoms with Gasteiger partial charge in [0.15, 0.2) is 0 Å². The number of hydrogen-bond donors (Lipinski definition) is 1. The summed E-state index contributed by atoms with van der Waals surface area (Å²) in [6.07, 6.45) is 1.91. The summed E-state index contributed by atoms with van der Waals surface area (Å²) in [7, 11) is 1.68. The Bertz CT molecular complexity index is 342. The van der Waals surface area contributed by atoms with Gasteiger partial charge in [0.05, 0.1) is 0 Å². The number of ether oxygens (including phenoxy) is 1. The fraction of sp³-hybridized carbons (Fsp3) is 0.417. The van der Waals surface area contributed by atoms with Gasteiger partial charge in [-0.05, 0) is 31.0 Å². The minimum atomic E-state index is -0.0290. The molecule has 0 spiro atoms. The van der Waals surface area contributed by atoms with E-state index in [4.69, 9.17) is 4.74 Å². The summed E-state index contributed by atoms with van der Waals surface area (Å²) in [5.41, 5.74) is 0.682. The third-order valence-corrected chi connectivity index (χ3v) is 2.64. The first-order chi connectivity index (χ1) is 7.74. The lowest BCUT2D eigenvalue weighted by Gasteiger charge is -2.05. The lowest BCUT2D eigenvalue weighted by molar-refractivity contribution is 0.0951. The molecule has 1 N–H and O–H groups in total. The number of unbranched alkanes of at least 4 members (excludes halogenated alkanes) is 1. The molecule has 0 aliphatic rings. The normalized spacial score (nSPS) is 10.1. The Kier molecular flexibility index (Phi) is 6.11. The van der Waals surface area contributed by atoms with Gasteiger partial charge in [-0.15, -0.1) is 0 Å². The summed E-state index contributed by atoms with van der Waals surface area (Å²) in [5.74, 6) is -0.0290. The molecule has 4 heteroatoms. The van der Waals surface area contributed by atoms with Crippen LogP contribution in [-0.4, -0.2) is 26.2 Å². The fourth-order valence-electron chi connectivity index (χ4n) is 1.31. The Hall–Kier alpha value is -0.870. The van der Waals surface area contributed by atoms with Crippen LogP contribution < -0.4 is 5.32 Å². The molecular formula is C12H16BrNO2. The molecule has 0 atom stereocenters. The van der Waals surface area contributed by atoms with Crippen molar-refractivity contribution in [1.29, 1.82) is 0 Å². The van der Waals surface area contributed by atoms with E-state index in [0.29, 0.717) is 12.1 Å². The number of amides is 1. The van der Waals surface area contributed by atoms with E-state index >= 15 is 0 Å². The van der Waals surface area contributed by atoms with Gasteiger partial charge in [-0.1, -0.05) is 22.0 Å². The Balaban J connectivity index is 2.30. The standard InChI is InChI=1S/C12H16BrNO2/c1-16-8-3-2-7-14-12(15)10-5-4-6-11(13)9-10/h4-6,9H,2-3,7-8H2,1H3,(H,14,15). The molecule has 0 fully saturated rings. The smallest absolute Gasteiger partial charge is 0.251 e. The van der Waals surface area contributed by atoms with E-state index in [2.05, 4.69) is 21.2 Å². The van der Waals surface area contributed by atoms with E-state index in [1.165, 1.54) is 0 Å². The maximum Gasteiger partial charge on any atom is 0.251 e. The van der Waals surface area contributed by atoms with Gasteiger partial charge < -0.3 is 10.1 Å². The van der Waals surface area contributed by atoms with Crippen molar-refractivity contribution < 1.29 is 9.53 Å². The molecule has 1 rings (SSSR count). The van der Waals surface area contributed by atoms with Crippen molar-refractivity contribution in [2.24, 2.45) is 0 Å². The van der Waals surface area contributed by atoms with Crippen LogP contribution in [-0.2, 0) is 4.74 Å². The highest BCUT2D eigenvalue weighted by molar-refractivity contribution is 9.10. The second kappa shape index (κ2) is 7.41. The molecule has 0 aliphatic carbocycles. The predicted molar refractivity (Wildman–Crippen MR) is 67.6 cm³/mol. The first-order valence-corrected chi connectivity index (χ1v) is 6.06. The van der Waals surface area contributed by atoms with Crippen LogP contribution in [0.3, 0.4) is 0 Å². The van der Waals surface area contributed by atoms with Crippen molar-refractivity contribution in [3.63, 3.8) is 0 Å².